The standard InChI is InChI=1S/C27H27N2O3/c30-27(22-12-10-21(11-13-22)20-7-3-1-4-8-20)18-28-16-6-2-5-9-26(28)29(27)23-14-15-24-25(17-23)32-19-31-24/h1,3-4,7-8,10-15,17,30H,2,5-6,9,16,18-19H2/q+1/t27-/m0/s1. The van der Waals surface area contributed by atoms with E-state index in [9.17, 15) is 5.11 Å². The summed E-state index contributed by atoms with van der Waals surface area (Å²) >= 11 is 0. The Hall–Kier alpha value is -3.31. The molecule has 162 valence electrons. The second-order valence-electron chi connectivity index (χ2n) is 8.78. The highest BCUT2D eigenvalue weighted by Gasteiger charge is 2.54. The van der Waals surface area contributed by atoms with E-state index in [4.69, 9.17) is 9.47 Å². The lowest BCUT2D eigenvalue weighted by Gasteiger charge is -2.29. The minimum absolute atomic E-state index is 0.243. The van der Waals surface area contributed by atoms with E-state index in [0.717, 1.165) is 54.1 Å². The van der Waals surface area contributed by atoms with E-state index in [0.29, 0.717) is 6.54 Å². The van der Waals surface area contributed by atoms with Crippen LogP contribution in [0.4, 0.5) is 5.69 Å². The van der Waals surface area contributed by atoms with Gasteiger partial charge in [-0.25, -0.2) is 0 Å². The highest BCUT2D eigenvalue weighted by Crippen LogP contribution is 2.42. The van der Waals surface area contributed by atoms with E-state index < -0.39 is 5.72 Å². The normalized spacial score (nSPS) is 22.1. The maximum absolute atomic E-state index is 12.2. The SMILES string of the molecule is O[C@]1(c2ccc(-c3ccccc3)cc2)C[N+]2=C(CCCCC2)N1c1ccc2c(c1)OCO2. The average Bonchev–Trinajstić information content (AvgIpc) is 3.34. The van der Waals surface area contributed by atoms with Crippen molar-refractivity contribution >= 4 is 11.5 Å². The van der Waals surface area contributed by atoms with Crippen molar-refractivity contribution in [2.75, 3.05) is 24.8 Å². The molecule has 0 saturated carbocycles. The molecule has 6 rings (SSSR count). The summed E-state index contributed by atoms with van der Waals surface area (Å²) in [5.74, 6) is 2.68. The summed E-state index contributed by atoms with van der Waals surface area (Å²) in [4.78, 5) is 2.12. The summed E-state index contributed by atoms with van der Waals surface area (Å²) in [5, 5.41) is 12.2. The molecule has 0 aromatic heterocycles. The van der Waals surface area contributed by atoms with E-state index in [-0.39, 0.29) is 6.79 Å². The number of rotatable bonds is 3. The van der Waals surface area contributed by atoms with Crippen LogP contribution < -0.4 is 14.4 Å². The maximum Gasteiger partial charge on any atom is 0.275 e. The smallest absolute Gasteiger partial charge is 0.275 e. The van der Waals surface area contributed by atoms with Crippen LogP contribution in [0.5, 0.6) is 11.5 Å². The Kier molecular flexibility index (Phi) is 4.65. The number of anilines is 1. The molecule has 0 fully saturated rings. The first-order valence-electron chi connectivity index (χ1n) is 11.4. The first-order valence-corrected chi connectivity index (χ1v) is 11.4. The van der Waals surface area contributed by atoms with Crippen molar-refractivity contribution in [1.29, 1.82) is 0 Å². The molecular formula is C27H27N2O3+. The molecule has 1 atom stereocenters. The topological polar surface area (TPSA) is 44.9 Å². The van der Waals surface area contributed by atoms with E-state index >= 15 is 0 Å². The molecule has 0 radical (unpaired) electrons. The van der Waals surface area contributed by atoms with Crippen LogP contribution in [0.3, 0.4) is 0 Å². The third-order valence-electron chi connectivity index (χ3n) is 6.80. The van der Waals surface area contributed by atoms with Gasteiger partial charge in [-0.1, -0.05) is 54.6 Å². The Morgan fingerprint density at radius 2 is 1.59 bits per heavy atom. The Morgan fingerprint density at radius 1 is 0.812 bits per heavy atom. The van der Waals surface area contributed by atoms with Crippen LogP contribution in [0.15, 0.2) is 72.8 Å². The van der Waals surface area contributed by atoms with Crippen LogP contribution in [-0.4, -0.2) is 35.4 Å². The molecule has 0 bridgehead atoms. The molecule has 0 saturated heterocycles. The summed E-state index contributed by atoms with van der Waals surface area (Å²) in [6.07, 6.45) is 4.47. The van der Waals surface area contributed by atoms with E-state index in [1.165, 1.54) is 17.8 Å². The van der Waals surface area contributed by atoms with Crippen LogP contribution in [0.1, 0.15) is 31.2 Å². The Balaban J connectivity index is 1.42. The highest BCUT2D eigenvalue weighted by atomic mass is 16.7. The molecule has 0 spiro atoms. The largest absolute Gasteiger partial charge is 0.454 e. The number of hydrogen-bond donors (Lipinski definition) is 1. The third kappa shape index (κ3) is 3.16. The number of amidine groups is 1. The number of hydrogen-bond acceptors (Lipinski definition) is 4. The summed E-state index contributed by atoms with van der Waals surface area (Å²) < 4.78 is 13.5. The molecule has 3 aromatic rings. The van der Waals surface area contributed by atoms with Crippen molar-refractivity contribution in [3.63, 3.8) is 0 Å². The first kappa shape index (κ1) is 19.4. The molecule has 5 nitrogen and oxygen atoms in total. The molecule has 3 aromatic carbocycles. The molecule has 1 N–H and O–H groups in total. The summed E-state index contributed by atoms with van der Waals surface area (Å²) in [6, 6.07) is 24.6. The second kappa shape index (κ2) is 7.68. The lowest BCUT2D eigenvalue weighted by Crippen LogP contribution is -2.47. The number of fused-ring (bicyclic) bond motifs is 1. The third-order valence-corrected chi connectivity index (χ3v) is 6.80. The zero-order valence-corrected chi connectivity index (χ0v) is 18.0. The van der Waals surface area contributed by atoms with Crippen molar-refractivity contribution in [2.45, 2.75) is 31.4 Å². The predicted molar refractivity (Wildman–Crippen MR) is 124 cm³/mol. The van der Waals surface area contributed by atoms with Crippen molar-refractivity contribution < 1.29 is 19.2 Å². The van der Waals surface area contributed by atoms with Gasteiger partial charge in [-0.05, 0) is 42.5 Å². The fourth-order valence-electron chi connectivity index (χ4n) is 5.19. The van der Waals surface area contributed by atoms with Gasteiger partial charge < -0.3 is 14.6 Å². The van der Waals surface area contributed by atoms with Gasteiger partial charge in [-0.2, -0.15) is 4.90 Å². The summed E-state index contributed by atoms with van der Waals surface area (Å²) in [6.45, 7) is 1.77. The van der Waals surface area contributed by atoms with E-state index in [2.05, 4.69) is 45.9 Å². The van der Waals surface area contributed by atoms with Crippen molar-refractivity contribution in [1.82, 2.24) is 0 Å². The van der Waals surface area contributed by atoms with Crippen molar-refractivity contribution in [2.24, 2.45) is 0 Å². The number of nitrogens with zero attached hydrogens (tertiary/aromatic N) is 2. The average molecular weight is 428 g/mol. The monoisotopic (exact) mass is 427 g/mol. The quantitative estimate of drug-likeness (QED) is 0.614. The summed E-state index contributed by atoms with van der Waals surface area (Å²) in [7, 11) is 0. The summed E-state index contributed by atoms with van der Waals surface area (Å²) in [5.41, 5.74) is 3.01. The maximum atomic E-state index is 12.2. The van der Waals surface area contributed by atoms with E-state index in [1.807, 2.05) is 36.4 Å². The molecule has 3 heterocycles. The molecule has 32 heavy (non-hydrogen) atoms. The van der Waals surface area contributed by atoms with Gasteiger partial charge in [0.1, 0.15) is 5.69 Å². The minimum atomic E-state index is -1.14. The number of ether oxygens (including phenoxy) is 2. The lowest BCUT2D eigenvalue weighted by atomic mass is 9.96. The van der Waals surface area contributed by atoms with Crippen LogP contribution in [0, 0.1) is 0 Å². The second-order valence-corrected chi connectivity index (χ2v) is 8.78. The van der Waals surface area contributed by atoms with Crippen LogP contribution in [-0.2, 0) is 5.72 Å². The molecule has 0 amide bonds. The molecule has 5 heteroatoms. The molecule has 3 aliphatic rings. The molecular weight excluding hydrogens is 400 g/mol. The van der Waals surface area contributed by atoms with Gasteiger partial charge >= 0.3 is 0 Å². The fraction of sp³-hybridized carbons (Fsp3) is 0.296. The Labute approximate surface area is 188 Å². The van der Waals surface area contributed by atoms with Crippen molar-refractivity contribution in [3.8, 4) is 22.6 Å². The Bertz CT molecular complexity index is 1170. The number of aliphatic hydroxyl groups is 1. The van der Waals surface area contributed by atoms with E-state index in [1.54, 1.807) is 0 Å². The van der Waals surface area contributed by atoms with Gasteiger partial charge in [0.05, 0.1) is 6.54 Å². The van der Waals surface area contributed by atoms with Crippen LogP contribution in [0.2, 0.25) is 0 Å². The minimum Gasteiger partial charge on any atom is -0.454 e. The fourth-order valence-corrected chi connectivity index (χ4v) is 5.19. The molecule has 0 aliphatic carbocycles. The molecule has 0 unspecified atom stereocenters. The number of benzene rings is 3. The van der Waals surface area contributed by atoms with Gasteiger partial charge in [0.15, 0.2) is 18.0 Å². The zero-order valence-electron chi connectivity index (χ0n) is 18.0. The van der Waals surface area contributed by atoms with Gasteiger partial charge in [-0.3, -0.25) is 4.58 Å². The van der Waals surface area contributed by atoms with Gasteiger partial charge in [0.2, 0.25) is 6.79 Å². The van der Waals surface area contributed by atoms with Gasteiger partial charge in [0.25, 0.3) is 11.6 Å². The van der Waals surface area contributed by atoms with Crippen LogP contribution in [0.25, 0.3) is 11.1 Å². The Morgan fingerprint density at radius 3 is 2.44 bits per heavy atom. The highest BCUT2D eigenvalue weighted by molar-refractivity contribution is 5.97. The predicted octanol–water partition coefficient (Wildman–Crippen LogP) is 4.73. The van der Waals surface area contributed by atoms with Gasteiger partial charge in [-0.15, -0.1) is 0 Å². The van der Waals surface area contributed by atoms with Crippen LogP contribution >= 0.6 is 0 Å². The lowest BCUT2D eigenvalue weighted by molar-refractivity contribution is -0.534. The first-order chi connectivity index (χ1) is 15.7. The van der Waals surface area contributed by atoms with Crippen molar-refractivity contribution in [3.05, 3.63) is 78.4 Å². The zero-order chi connectivity index (χ0) is 21.5. The van der Waals surface area contributed by atoms with Gasteiger partial charge in [0, 0.05) is 18.1 Å². The molecule has 3 aliphatic heterocycles.